The number of pyridine rings is 1. The molecule has 1 amide bonds. The van der Waals surface area contributed by atoms with Gasteiger partial charge in [0.2, 0.25) is 6.41 Å². The van der Waals surface area contributed by atoms with Gasteiger partial charge in [0.25, 0.3) is 0 Å². The Hall–Kier alpha value is -3.61. The van der Waals surface area contributed by atoms with E-state index in [-0.39, 0.29) is 17.5 Å². The third-order valence-electron chi connectivity index (χ3n) is 3.72. The van der Waals surface area contributed by atoms with Gasteiger partial charge in [0.15, 0.2) is 5.96 Å². The van der Waals surface area contributed by atoms with Gasteiger partial charge >= 0.3 is 0 Å². The molecule has 0 unspecified atom stereocenters. The fourth-order valence-electron chi connectivity index (χ4n) is 2.62. The second kappa shape index (κ2) is 6.48. The van der Waals surface area contributed by atoms with Gasteiger partial charge in [0.1, 0.15) is 11.5 Å². The minimum atomic E-state index is -0.184. The van der Waals surface area contributed by atoms with E-state index in [9.17, 15) is 15.0 Å². The molecule has 3 aromatic rings. The fourth-order valence-corrected chi connectivity index (χ4v) is 2.62. The number of carbonyl (C=O) groups excluding carboxylic acids is 1. The van der Waals surface area contributed by atoms with E-state index >= 15 is 0 Å². The number of hydrogen-bond donors (Lipinski definition) is 4. The second-order valence-electron chi connectivity index (χ2n) is 5.46. The van der Waals surface area contributed by atoms with Gasteiger partial charge in [-0.15, -0.1) is 0 Å². The molecule has 0 spiro atoms. The summed E-state index contributed by atoms with van der Waals surface area (Å²) in [5, 5.41) is 22.5. The number of rotatable bonds is 3. The van der Waals surface area contributed by atoms with Crippen molar-refractivity contribution in [1.29, 1.82) is 0 Å². The van der Waals surface area contributed by atoms with Crippen LogP contribution in [0.25, 0.3) is 22.2 Å². The zero-order valence-corrected chi connectivity index (χ0v) is 13.4. The lowest BCUT2D eigenvalue weighted by Gasteiger charge is -2.11. The van der Waals surface area contributed by atoms with Gasteiger partial charge in [0, 0.05) is 17.7 Å². The van der Waals surface area contributed by atoms with E-state index in [0.717, 1.165) is 11.1 Å². The van der Waals surface area contributed by atoms with Gasteiger partial charge in [0.05, 0.1) is 22.3 Å². The molecule has 1 heterocycles. The molecule has 0 saturated carbocycles. The van der Waals surface area contributed by atoms with Gasteiger partial charge in [-0.3, -0.25) is 10.1 Å². The molecule has 3 rings (SSSR count). The molecule has 0 fully saturated rings. The molecule has 0 atom stereocenters. The largest absolute Gasteiger partial charge is 0.508 e. The van der Waals surface area contributed by atoms with Crippen LogP contribution in [0.5, 0.6) is 11.5 Å². The van der Waals surface area contributed by atoms with E-state index in [0.29, 0.717) is 28.7 Å². The van der Waals surface area contributed by atoms with Crippen molar-refractivity contribution in [2.75, 3.05) is 0 Å². The molecule has 0 aliphatic heterocycles. The van der Waals surface area contributed by atoms with Gasteiger partial charge < -0.3 is 15.9 Å². The number of phenols is 2. The summed E-state index contributed by atoms with van der Waals surface area (Å²) < 4.78 is 0. The van der Waals surface area contributed by atoms with E-state index in [2.05, 4.69) is 15.3 Å². The molecule has 0 aliphatic carbocycles. The van der Waals surface area contributed by atoms with Crippen LogP contribution in [0.4, 0.5) is 5.69 Å². The van der Waals surface area contributed by atoms with Crippen LogP contribution in [-0.2, 0) is 4.79 Å². The molecule has 0 bridgehead atoms. The van der Waals surface area contributed by atoms with Crippen LogP contribution in [0.2, 0.25) is 0 Å². The molecule has 2 aromatic carbocycles. The standard InChI is InChI=1S/C18H16N4O3/c1-10-4-2-3-5-12(10)13-8-15(22-18(19)20-9-23)17-14(21-13)6-11(24)7-16(17)25/h2-9,24-25H,1H3,(H3,19,20,21,22,23). The van der Waals surface area contributed by atoms with Crippen LogP contribution < -0.4 is 11.1 Å². The third-order valence-corrected chi connectivity index (χ3v) is 3.72. The number of fused-ring (bicyclic) bond motifs is 1. The van der Waals surface area contributed by atoms with E-state index in [1.54, 1.807) is 6.07 Å². The lowest BCUT2D eigenvalue weighted by Crippen LogP contribution is -2.29. The number of benzene rings is 2. The Labute approximate surface area is 143 Å². The number of nitrogens with two attached hydrogens (primary N) is 1. The molecular formula is C18H16N4O3. The average Bonchev–Trinajstić information content (AvgIpc) is 2.54. The number of aromatic hydroxyl groups is 2. The molecule has 1 aromatic heterocycles. The van der Waals surface area contributed by atoms with Crippen LogP contribution in [0.3, 0.4) is 0 Å². The van der Waals surface area contributed by atoms with Gasteiger partial charge in [-0.25, -0.2) is 9.98 Å². The molecule has 5 N–H and O–H groups in total. The van der Waals surface area contributed by atoms with Crippen molar-refractivity contribution in [3.63, 3.8) is 0 Å². The maximum absolute atomic E-state index is 10.5. The number of aromatic nitrogens is 1. The quantitative estimate of drug-likeness (QED) is 0.332. The first-order valence-electron chi connectivity index (χ1n) is 7.46. The van der Waals surface area contributed by atoms with Gasteiger partial charge in [-0.05, 0) is 18.6 Å². The fraction of sp³-hybridized carbons (Fsp3) is 0.0556. The third kappa shape index (κ3) is 3.20. The monoisotopic (exact) mass is 336 g/mol. The molecule has 126 valence electrons. The highest BCUT2D eigenvalue weighted by Crippen LogP contribution is 2.38. The van der Waals surface area contributed by atoms with E-state index in [4.69, 9.17) is 5.73 Å². The lowest BCUT2D eigenvalue weighted by atomic mass is 10.0. The van der Waals surface area contributed by atoms with Crippen molar-refractivity contribution < 1.29 is 15.0 Å². The minimum Gasteiger partial charge on any atom is -0.508 e. The van der Waals surface area contributed by atoms with Crippen LogP contribution in [0.15, 0.2) is 47.5 Å². The zero-order chi connectivity index (χ0) is 18.0. The van der Waals surface area contributed by atoms with Crippen molar-refractivity contribution in [1.82, 2.24) is 10.3 Å². The molecular weight excluding hydrogens is 320 g/mol. The first-order chi connectivity index (χ1) is 12.0. The van der Waals surface area contributed by atoms with E-state index in [1.807, 2.05) is 31.2 Å². The summed E-state index contributed by atoms with van der Waals surface area (Å²) in [6.45, 7) is 1.95. The summed E-state index contributed by atoms with van der Waals surface area (Å²) in [4.78, 5) is 19.2. The predicted octanol–water partition coefficient (Wildman–Crippen LogP) is 2.31. The average molecular weight is 336 g/mol. The van der Waals surface area contributed by atoms with Crippen LogP contribution in [0, 0.1) is 6.92 Å². The normalized spacial score (nSPS) is 11.5. The Morgan fingerprint density at radius 2 is 2.00 bits per heavy atom. The number of aliphatic imine (C=N–C) groups is 1. The molecule has 0 saturated heterocycles. The summed E-state index contributed by atoms with van der Waals surface area (Å²) in [7, 11) is 0. The van der Waals surface area contributed by atoms with Crippen molar-refractivity contribution in [3.8, 4) is 22.8 Å². The summed E-state index contributed by atoms with van der Waals surface area (Å²) in [5.74, 6) is -0.421. The maximum Gasteiger partial charge on any atom is 0.213 e. The Balaban J connectivity index is 2.33. The number of nitrogens with zero attached hydrogens (tertiary/aromatic N) is 2. The molecule has 25 heavy (non-hydrogen) atoms. The van der Waals surface area contributed by atoms with Crippen molar-refractivity contribution >= 4 is 29.0 Å². The summed E-state index contributed by atoms with van der Waals surface area (Å²) in [5.41, 5.74) is 8.84. The number of aryl methyl sites for hydroxylation is 1. The summed E-state index contributed by atoms with van der Waals surface area (Å²) >= 11 is 0. The topological polar surface area (TPSA) is 121 Å². The van der Waals surface area contributed by atoms with Crippen LogP contribution >= 0.6 is 0 Å². The van der Waals surface area contributed by atoms with Crippen LogP contribution in [-0.4, -0.2) is 27.6 Å². The zero-order valence-electron chi connectivity index (χ0n) is 13.4. The Kier molecular flexibility index (Phi) is 4.21. The van der Waals surface area contributed by atoms with Crippen molar-refractivity contribution in [2.45, 2.75) is 6.92 Å². The molecule has 0 aliphatic rings. The van der Waals surface area contributed by atoms with Crippen LogP contribution in [0.1, 0.15) is 5.56 Å². The number of nitrogens with one attached hydrogen (secondary N) is 1. The van der Waals surface area contributed by atoms with E-state index < -0.39 is 0 Å². The van der Waals surface area contributed by atoms with Gasteiger partial charge in [-0.1, -0.05) is 24.3 Å². The molecule has 0 radical (unpaired) electrons. The highest BCUT2D eigenvalue weighted by Gasteiger charge is 2.14. The van der Waals surface area contributed by atoms with Crippen molar-refractivity contribution in [2.24, 2.45) is 10.7 Å². The second-order valence-corrected chi connectivity index (χ2v) is 5.46. The molecule has 7 heteroatoms. The maximum atomic E-state index is 10.5. The smallest absolute Gasteiger partial charge is 0.213 e. The number of carbonyl (C=O) groups is 1. The highest BCUT2D eigenvalue weighted by atomic mass is 16.3. The highest BCUT2D eigenvalue weighted by molar-refractivity contribution is 6.01. The Bertz CT molecular complexity index is 999. The number of amides is 1. The number of phenolic OH excluding ortho intramolecular Hbond substituents is 2. The first kappa shape index (κ1) is 16.3. The van der Waals surface area contributed by atoms with E-state index in [1.165, 1.54) is 12.1 Å². The summed E-state index contributed by atoms with van der Waals surface area (Å²) in [6.07, 6.45) is 0.413. The predicted molar refractivity (Wildman–Crippen MR) is 95.7 cm³/mol. The first-order valence-corrected chi connectivity index (χ1v) is 7.46. The number of guanidine groups is 1. The minimum absolute atomic E-state index is 0.117. The van der Waals surface area contributed by atoms with Crippen molar-refractivity contribution in [3.05, 3.63) is 48.0 Å². The summed E-state index contributed by atoms with van der Waals surface area (Å²) in [6, 6.07) is 12.0. The number of hydrogen-bond acceptors (Lipinski definition) is 5. The lowest BCUT2D eigenvalue weighted by molar-refractivity contribution is -0.108. The Morgan fingerprint density at radius 1 is 1.24 bits per heavy atom. The van der Waals surface area contributed by atoms with Gasteiger partial charge in [-0.2, -0.15) is 0 Å². The Morgan fingerprint density at radius 3 is 2.72 bits per heavy atom. The SMILES string of the molecule is Cc1ccccc1-c1cc(N=C(N)NC=O)c2c(O)cc(O)cc2n1. The molecule has 7 nitrogen and oxygen atoms in total.